The molecule has 0 aliphatic heterocycles. The van der Waals surface area contributed by atoms with Gasteiger partial charge in [0.25, 0.3) is 0 Å². The fourth-order valence-corrected chi connectivity index (χ4v) is 3.04. The van der Waals surface area contributed by atoms with Crippen LogP contribution < -0.4 is 5.73 Å². The minimum Gasteiger partial charge on any atom is -0.481 e. The lowest BCUT2D eigenvalue weighted by Crippen LogP contribution is -1.96. The van der Waals surface area contributed by atoms with E-state index >= 15 is 0 Å². The summed E-state index contributed by atoms with van der Waals surface area (Å²) in [6.07, 6.45) is 24.0. The Bertz CT molecular complexity index is 283. The minimum atomic E-state index is -0.653. The van der Waals surface area contributed by atoms with Crippen LogP contribution >= 0.6 is 0 Å². The molecule has 0 atom stereocenters. The maximum Gasteiger partial charge on any atom is 0.303 e. The maximum atomic E-state index is 10.3. The zero-order valence-electron chi connectivity index (χ0n) is 22.4. The third kappa shape index (κ3) is 63.0. The van der Waals surface area contributed by atoms with Crippen molar-refractivity contribution in [3.63, 3.8) is 0 Å². The number of rotatable bonds is 19. The predicted octanol–water partition coefficient (Wildman–Crippen LogP) is 7.47. The Labute approximate surface area is 201 Å². The fraction of sp³-hybridized carbons (Fsp3) is 0.963. The van der Waals surface area contributed by atoms with Crippen molar-refractivity contribution < 1.29 is 20.1 Å². The van der Waals surface area contributed by atoms with E-state index in [1.807, 2.05) is 0 Å². The van der Waals surface area contributed by atoms with Crippen LogP contribution in [0.4, 0.5) is 0 Å². The van der Waals surface area contributed by atoms with Crippen LogP contribution in [0.25, 0.3) is 0 Å². The second kappa shape index (κ2) is 44.1. The zero-order chi connectivity index (χ0) is 25.1. The van der Waals surface area contributed by atoms with Crippen molar-refractivity contribution in [3.05, 3.63) is 0 Å². The fourth-order valence-electron chi connectivity index (χ4n) is 3.04. The Morgan fingerprint density at radius 3 is 1.00 bits per heavy atom. The summed E-state index contributed by atoms with van der Waals surface area (Å²) in [6.45, 7) is 9.16. The summed E-state index contributed by atoms with van der Waals surface area (Å²) in [7, 11) is 0. The first-order chi connectivity index (χ1) is 15.5. The molecule has 0 aliphatic carbocycles. The van der Waals surface area contributed by atoms with Crippen LogP contribution in [-0.4, -0.2) is 41.0 Å². The molecule has 5 nitrogen and oxygen atoms in total. The van der Waals surface area contributed by atoms with Crippen LogP contribution in [0.3, 0.4) is 0 Å². The Balaban J connectivity index is -0.000000268. The first-order valence-electron chi connectivity index (χ1n) is 13.7. The van der Waals surface area contributed by atoms with E-state index in [1.165, 1.54) is 103 Å². The van der Waals surface area contributed by atoms with Gasteiger partial charge >= 0.3 is 5.97 Å². The first-order valence-corrected chi connectivity index (χ1v) is 13.7. The highest BCUT2D eigenvalue weighted by molar-refractivity contribution is 5.66. The van der Waals surface area contributed by atoms with Crippen LogP contribution in [0.5, 0.6) is 0 Å². The SMILES string of the molecule is CCCCCCCCCCCCCCCCCC(=O)O.CCCCCN.CCO.CCO. The van der Waals surface area contributed by atoms with Gasteiger partial charge in [-0.15, -0.1) is 0 Å². The van der Waals surface area contributed by atoms with Crippen molar-refractivity contribution in [1.82, 2.24) is 0 Å². The van der Waals surface area contributed by atoms with Gasteiger partial charge in [0, 0.05) is 19.6 Å². The molecule has 0 spiro atoms. The Hall–Kier alpha value is -0.650. The molecular formula is C27H61NO4. The molecule has 0 saturated carbocycles. The van der Waals surface area contributed by atoms with Crippen molar-refractivity contribution in [3.8, 4) is 0 Å². The first kappa shape index (κ1) is 38.6. The van der Waals surface area contributed by atoms with E-state index in [4.69, 9.17) is 21.1 Å². The number of carboxylic acid groups (broad SMARTS) is 1. The van der Waals surface area contributed by atoms with Gasteiger partial charge in [0.05, 0.1) is 0 Å². The topological polar surface area (TPSA) is 104 Å². The zero-order valence-corrected chi connectivity index (χ0v) is 22.4. The molecule has 0 unspecified atom stereocenters. The number of aliphatic hydroxyl groups is 2. The van der Waals surface area contributed by atoms with Crippen molar-refractivity contribution in [1.29, 1.82) is 0 Å². The third-order valence-corrected chi connectivity index (χ3v) is 4.80. The van der Waals surface area contributed by atoms with Gasteiger partial charge in [0.2, 0.25) is 0 Å². The second-order valence-corrected chi connectivity index (χ2v) is 8.22. The number of carboxylic acids is 1. The highest BCUT2D eigenvalue weighted by Gasteiger charge is 1.97. The lowest BCUT2D eigenvalue weighted by molar-refractivity contribution is -0.137. The smallest absolute Gasteiger partial charge is 0.303 e. The van der Waals surface area contributed by atoms with E-state index in [1.54, 1.807) is 13.8 Å². The third-order valence-electron chi connectivity index (χ3n) is 4.80. The number of hydrogen-bond acceptors (Lipinski definition) is 4. The normalized spacial score (nSPS) is 9.59. The monoisotopic (exact) mass is 463 g/mol. The molecule has 0 saturated heterocycles. The molecule has 0 heterocycles. The number of carbonyl (C=O) groups is 1. The summed E-state index contributed by atoms with van der Waals surface area (Å²) in [5, 5.41) is 23.7. The molecule has 5 N–H and O–H groups in total. The Morgan fingerprint density at radius 2 is 0.781 bits per heavy atom. The average molecular weight is 464 g/mol. The van der Waals surface area contributed by atoms with Gasteiger partial charge in [0.15, 0.2) is 0 Å². The van der Waals surface area contributed by atoms with Crippen molar-refractivity contribution in [2.45, 2.75) is 150 Å². The molecule has 0 rings (SSSR count). The van der Waals surface area contributed by atoms with Crippen LogP contribution in [0, 0.1) is 0 Å². The number of nitrogens with two attached hydrogens (primary N) is 1. The van der Waals surface area contributed by atoms with Crippen LogP contribution in [-0.2, 0) is 4.79 Å². The molecule has 32 heavy (non-hydrogen) atoms. The summed E-state index contributed by atoms with van der Waals surface area (Å²) < 4.78 is 0. The van der Waals surface area contributed by atoms with Gasteiger partial charge < -0.3 is 21.1 Å². The minimum absolute atomic E-state index is 0.250. The molecule has 0 aromatic heterocycles. The molecule has 0 aromatic carbocycles. The van der Waals surface area contributed by atoms with Gasteiger partial charge in [-0.05, 0) is 33.2 Å². The quantitative estimate of drug-likeness (QED) is 0.149. The summed E-state index contributed by atoms with van der Waals surface area (Å²) in [6, 6.07) is 0. The second-order valence-electron chi connectivity index (χ2n) is 8.22. The highest BCUT2D eigenvalue weighted by Crippen LogP contribution is 2.13. The molecule has 198 valence electrons. The standard InChI is InChI=1S/C18H36O2.C5H13N.2C2H6O/c1-2-3-4-5-6-7-8-9-10-11-12-13-14-15-16-17-18(19)20;1-2-3-4-5-6;2*1-2-3/h2-17H2,1H3,(H,19,20);2-6H2,1H3;2*3H,2H2,1H3. The van der Waals surface area contributed by atoms with Crippen LogP contribution in [0.2, 0.25) is 0 Å². The lowest BCUT2D eigenvalue weighted by Gasteiger charge is -2.03. The van der Waals surface area contributed by atoms with E-state index in [2.05, 4.69) is 13.8 Å². The van der Waals surface area contributed by atoms with E-state index in [0.717, 1.165) is 19.4 Å². The van der Waals surface area contributed by atoms with E-state index in [-0.39, 0.29) is 13.2 Å². The highest BCUT2D eigenvalue weighted by atomic mass is 16.4. The molecule has 5 heteroatoms. The van der Waals surface area contributed by atoms with Crippen LogP contribution in [0.1, 0.15) is 150 Å². The van der Waals surface area contributed by atoms with Gasteiger partial charge in [-0.1, -0.05) is 117 Å². The average Bonchev–Trinajstić information content (AvgIpc) is 2.76. The maximum absolute atomic E-state index is 10.3. The van der Waals surface area contributed by atoms with E-state index in [9.17, 15) is 4.79 Å². The summed E-state index contributed by atoms with van der Waals surface area (Å²) >= 11 is 0. The lowest BCUT2D eigenvalue weighted by atomic mass is 10.0. The number of aliphatic hydroxyl groups excluding tert-OH is 2. The van der Waals surface area contributed by atoms with Crippen molar-refractivity contribution in [2.75, 3.05) is 19.8 Å². The number of unbranched alkanes of at least 4 members (excludes halogenated alkanes) is 16. The summed E-state index contributed by atoms with van der Waals surface area (Å²) in [5.41, 5.74) is 5.21. The van der Waals surface area contributed by atoms with Crippen molar-refractivity contribution in [2.24, 2.45) is 5.73 Å². The molecule has 0 aromatic rings. The van der Waals surface area contributed by atoms with Crippen LogP contribution in [0.15, 0.2) is 0 Å². The van der Waals surface area contributed by atoms with Crippen molar-refractivity contribution >= 4 is 5.97 Å². The summed E-state index contributed by atoms with van der Waals surface area (Å²) in [4.78, 5) is 10.3. The molecule has 0 aliphatic rings. The number of aliphatic carboxylic acids is 1. The van der Waals surface area contributed by atoms with Gasteiger partial charge in [-0.25, -0.2) is 0 Å². The molecular weight excluding hydrogens is 402 g/mol. The van der Waals surface area contributed by atoms with Gasteiger partial charge in [0.1, 0.15) is 0 Å². The Kier molecular flexibility index (Phi) is 53.2. The predicted molar refractivity (Wildman–Crippen MR) is 141 cm³/mol. The molecule has 0 bridgehead atoms. The Morgan fingerprint density at radius 1 is 0.531 bits per heavy atom. The number of hydrogen-bond donors (Lipinski definition) is 4. The van der Waals surface area contributed by atoms with E-state index in [0.29, 0.717) is 6.42 Å². The van der Waals surface area contributed by atoms with Gasteiger partial charge in [-0.3, -0.25) is 4.79 Å². The summed E-state index contributed by atoms with van der Waals surface area (Å²) in [5.74, 6) is -0.653. The molecule has 0 amide bonds. The largest absolute Gasteiger partial charge is 0.481 e. The molecule has 0 fully saturated rings. The van der Waals surface area contributed by atoms with E-state index < -0.39 is 5.97 Å². The molecule has 0 radical (unpaired) electrons. The van der Waals surface area contributed by atoms with Gasteiger partial charge in [-0.2, -0.15) is 0 Å².